The molecule has 0 unspecified atom stereocenters. The van der Waals surface area contributed by atoms with Crippen molar-refractivity contribution in [2.45, 2.75) is 35.6 Å². The molecule has 1 saturated carbocycles. The molecule has 10 heteroatoms. The topological polar surface area (TPSA) is 66.4 Å². The first-order valence-electron chi connectivity index (χ1n) is 5.71. The Morgan fingerprint density at radius 2 is 1.90 bits per heavy atom. The van der Waals surface area contributed by atoms with E-state index in [-0.39, 0.29) is 4.47 Å². The van der Waals surface area contributed by atoms with Crippen LogP contribution in [0.25, 0.3) is 0 Å². The summed E-state index contributed by atoms with van der Waals surface area (Å²) in [5.41, 5.74) is -2.87. The molecule has 2 rings (SSSR count). The second-order valence-electron chi connectivity index (χ2n) is 4.83. The summed E-state index contributed by atoms with van der Waals surface area (Å²) >= 11 is 2.86. The first-order valence-corrected chi connectivity index (χ1v) is 7.99. The minimum Gasteiger partial charge on any atom is -0.380 e. The number of halogens is 5. The standard InChI is InChI=1S/C11H10BrF4NO3S/c12-8-2-1-7(3-9(8)13)21(19,20)17-6-4-10(18,5-6)11(14,15)16/h1-3,6,17-18H,4-5H2. The van der Waals surface area contributed by atoms with Crippen LogP contribution in [0.1, 0.15) is 12.8 Å². The van der Waals surface area contributed by atoms with Crippen LogP contribution in [-0.4, -0.2) is 31.3 Å². The van der Waals surface area contributed by atoms with Gasteiger partial charge >= 0.3 is 6.18 Å². The van der Waals surface area contributed by atoms with E-state index in [1.165, 1.54) is 6.07 Å². The second-order valence-corrected chi connectivity index (χ2v) is 7.40. The van der Waals surface area contributed by atoms with E-state index in [1.807, 2.05) is 4.72 Å². The van der Waals surface area contributed by atoms with Crippen LogP contribution in [0, 0.1) is 5.82 Å². The van der Waals surface area contributed by atoms with Gasteiger partial charge in [-0.2, -0.15) is 13.2 Å². The third-order valence-corrected chi connectivity index (χ3v) is 5.38. The fourth-order valence-electron chi connectivity index (χ4n) is 2.00. The molecule has 0 aromatic heterocycles. The first-order chi connectivity index (χ1) is 9.45. The maximum Gasteiger partial charge on any atom is 0.417 e. The van der Waals surface area contributed by atoms with Crippen LogP contribution >= 0.6 is 15.9 Å². The third-order valence-electron chi connectivity index (χ3n) is 3.22. The van der Waals surface area contributed by atoms with Crippen LogP contribution in [0.4, 0.5) is 17.6 Å². The smallest absolute Gasteiger partial charge is 0.380 e. The van der Waals surface area contributed by atoms with Crippen molar-refractivity contribution in [3.8, 4) is 0 Å². The van der Waals surface area contributed by atoms with Crippen LogP contribution in [0.3, 0.4) is 0 Å². The van der Waals surface area contributed by atoms with Crippen LogP contribution < -0.4 is 4.72 Å². The van der Waals surface area contributed by atoms with E-state index >= 15 is 0 Å². The van der Waals surface area contributed by atoms with Gasteiger partial charge in [0, 0.05) is 18.9 Å². The number of aliphatic hydroxyl groups is 1. The molecular formula is C11H10BrF4NO3S. The summed E-state index contributed by atoms with van der Waals surface area (Å²) in [6.07, 6.45) is -6.35. The van der Waals surface area contributed by atoms with E-state index < -0.39 is 51.4 Å². The van der Waals surface area contributed by atoms with Gasteiger partial charge in [0.15, 0.2) is 5.60 Å². The summed E-state index contributed by atoms with van der Waals surface area (Å²) in [5.74, 6) is -0.807. The monoisotopic (exact) mass is 391 g/mol. The lowest BCUT2D eigenvalue weighted by atomic mass is 9.76. The van der Waals surface area contributed by atoms with Crippen molar-refractivity contribution in [2.75, 3.05) is 0 Å². The number of nitrogens with one attached hydrogen (secondary N) is 1. The highest BCUT2D eigenvalue weighted by Crippen LogP contribution is 2.45. The summed E-state index contributed by atoms with van der Waals surface area (Å²) in [7, 11) is -4.14. The molecule has 0 heterocycles. The molecule has 0 atom stereocenters. The van der Waals surface area contributed by atoms with Gasteiger partial charge in [0.2, 0.25) is 10.0 Å². The Kier molecular flexibility index (Phi) is 4.11. The fraction of sp³-hybridized carbons (Fsp3) is 0.455. The summed E-state index contributed by atoms with van der Waals surface area (Å²) in [4.78, 5) is -0.398. The van der Waals surface area contributed by atoms with Gasteiger partial charge in [-0.1, -0.05) is 0 Å². The van der Waals surface area contributed by atoms with Crippen LogP contribution in [0.5, 0.6) is 0 Å². The van der Waals surface area contributed by atoms with Gasteiger partial charge in [0.25, 0.3) is 0 Å². The highest BCUT2D eigenvalue weighted by molar-refractivity contribution is 9.10. The molecule has 2 N–H and O–H groups in total. The normalized spacial score (nSPS) is 26.5. The molecule has 4 nitrogen and oxygen atoms in total. The minimum atomic E-state index is -4.81. The van der Waals surface area contributed by atoms with Crippen molar-refractivity contribution in [1.82, 2.24) is 4.72 Å². The van der Waals surface area contributed by atoms with Crippen molar-refractivity contribution >= 4 is 26.0 Å². The van der Waals surface area contributed by atoms with Crippen LogP contribution in [0.15, 0.2) is 27.6 Å². The first kappa shape index (κ1) is 16.7. The molecule has 0 spiro atoms. The zero-order valence-corrected chi connectivity index (χ0v) is 12.7. The number of benzene rings is 1. The number of rotatable bonds is 3. The molecule has 21 heavy (non-hydrogen) atoms. The maximum absolute atomic E-state index is 13.3. The van der Waals surface area contributed by atoms with Gasteiger partial charge in [0.1, 0.15) is 5.82 Å². The predicted octanol–water partition coefficient (Wildman–Crippen LogP) is 2.32. The van der Waals surface area contributed by atoms with E-state index in [0.29, 0.717) is 0 Å². The van der Waals surface area contributed by atoms with Crippen LogP contribution in [-0.2, 0) is 10.0 Å². The molecule has 118 valence electrons. The van der Waals surface area contributed by atoms with Gasteiger partial charge in [0.05, 0.1) is 9.37 Å². The molecule has 1 aromatic rings. The van der Waals surface area contributed by atoms with Gasteiger partial charge < -0.3 is 5.11 Å². The van der Waals surface area contributed by atoms with Gasteiger partial charge in [-0.25, -0.2) is 17.5 Å². The SMILES string of the molecule is O=S(=O)(NC1CC(O)(C(F)(F)F)C1)c1ccc(Br)c(F)c1. The molecule has 0 aliphatic heterocycles. The quantitative estimate of drug-likeness (QED) is 0.777. The zero-order chi connectivity index (χ0) is 16.1. The summed E-state index contributed by atoms with van der Waals surface area (Å²) in [6.45, 7) is 0. The predicted molar refractivity (Wildman–Crippen MR) is 68.4 cm³/mol. The summed E-state index contributed by atoms with van der Waals surface area (Å²) in [5, 5.41) is 9.24. The average Bonchev–Trinajstić information content (AvgIpc) is 2.28. The molecule has 1 fully saturated rings. The van der Waals surface area contributed by atoms with Crippen molar-refractivity contribution in [2.24, 2.45) is 0 Å². The Labute approximate surface area is 126 Å². The number of sulfonamides is 1. The van der Waals surface area contributed by atoms with Gasteiger partial charge in [-0.15, -0.1) is 0 Å². The Hall–Kier alpha value is -0.710. The maximum atomic E-state index is 13.3. The van der Waals surface area contributed by atoms with E-state index in [1.54, 1.807) is 0 Å². The molecule has 0 radical (unpaired) electrons. The van der Waals surface area contributed by atoms with E-state index in [0.717, 1.165) is 12.1 Å². The lowest BCUT2D eigenvalue weighted by Crippen LogP contribution is -2.62. The number of hydrogen-bond donors (Lipinski definition) is 2. The molecular weight excluding hydrogens is 382 g/mol. The number of hydrogen-bond acceptors (Lipinski definition) is 3. The Morgan fingerprint density at radius 1 is 1.33 bits per heavy atom. The Morgan fingerprint density at radius 3 is 2.38 bits per heavy atom. The van der Waals surface area contributed by atoms with Gasteiger partial charge in [-0.3, -0.25) is 0 Å². The molecule has 0 bridgehead atoms. The molecule has 0 amide bonds. The molecule has 0 saturated heterocycles. The van der Waals surface area contributed by atoms with Gasteiger partial charge in [-0.05, 0) is 34.1 Å². The molecule has 1 aromatic carbocycles. The molecule has 1 aliphatic rings. The van der Waals surface area contributed by atoms with Crippen molar-refractivity contribution in [1.29, 1.82) is 0 Å². The Bertz CT molecular complexity index is 656. The number of alkyl halides is 3. The average molecular weight is 392 g/mol. The zero-order valence-electron chi connectivity index (χ0n) is 10.3. The Balaban J connectivity index is 2.09. The highest BCUT2D eigenvalue weighted by atomic mass is 79.9. The lowest BCUT2D eigenvalue weighted by molar-refractivity contribution is -0.290. The van der Waals surface area contributed by atoms with E-state index in [4.69, 9.17) is 0 Å². The summed E-state index contributed by atoms with van der Waals surface area (Å²) < 4.78 is 76.5. The minimum absolute atomic E-state index is 0.0662. The lowest BCUT2D eigenvalue weighted by Gasteiger charge is -2.44. The highest BCUT2D eigenvalue weighted by Gasteiger charge is 2.61. The van der Waals surface area contributed by atoms with E-state index in [9.17, 15) is 31.1 Å². The second kappa shape index (κ2) is 5.18. The van der Waals surface area contributed by atoms with E-state index in [2.05, 4.69) is 15.9 Å². The largest absolute Gasteiger partial charge is 0.417 e. The van der Waals surface area contributed by atoms with Crippen LogP contribution in [0.2, 0.25) is 0 Å². The van der Waals surface area contributed by atoms with Crippen molar-refractivity contribution in [3.05, 3.63) is 28.5 Å². The van der Waals surface area contributed by atoms with Crippen molar-refractivity contribution < 1.29 is 31.1 Å². The summed E-state index contributed by atoms with van der Waals surface area (Å²) in [6, 6.07) is 2.00. The fourth-order valence-corrected chi connectivity index (χ4v) is 3.50. The van der Waals surface area contributed by atoms with Crippen molar-refractivity contribution in [3.63, 3.8) is 0 Å². The molecule has 1 aliphatic carbocycles. The third kappa shape index (κ3) is 3.22.